The van der Waals surface area contributed by atoms with Crippen LogP contribution in [0.3, 0.4) is 0 Å². The highest BCUT2D eigenvalue weighted by atomic mass is 16.3. The standard InChI is InChI=1S/C17H19NO2/c1-12(14-4-6-15(18)7-5-14)10-17(20)11-13-2-8-16(19)9-3-13/h2-9,12,19H,10-11,18H2,1H3. The van der Waals surface area contributed by atoms with E-state index in [0.29, 0.717) is 12.8 Å². The zero-order chi connectivity index (χ0) is 14.5. The summed E-state index contributed by atoms with van der Waals surface area (Å²) in [6.07, 6.45) is 0.907. The first-order valence-electron chi connectivity index (χ1n) is 6.69. The number of anilines is 1. The Bertz CT molecular complexity index is 573. The van der Waals surface area contributed by atoms with Crippen LogP contribution in [0.2, 0.25) is 0 Å². The minimum atomic E-state index is 0.181. The Morgan fingerprint density at radius 3 is 2.30 bits per heavy atom. The zero-order valence-electron chi connectivity index (χ0n) is 11.5. The third kappa shape index (κ3) is 3.85. The summed E-state index contributed by atoms with van der Waals surface area (Å²) >= 11 is 0. The quantitative estimate of drug-likeness (QED) is 0.819. The second kappa shape index (κ2) is 6.24. The third-order valence-electron chi connectivity index (χ3n) is 3.38. The van der Waals surface area contributed by atoms with Crippen LogP contribution in [0.15, 0.2) is 48.5 Å². The maximum absolute atomic E-state index is 12.1. The van der Waals surface area contributed by atoms with E-state index in [4.69, 9.17) is 5.73 Å². The summed E-state index contributed by atoms with van der Waals surface area (Å²) in [4.78, 5) is 12.1. The number of rotatable bonds is 5. The summed E-state index contributed by atoms with van der Waals surface area (Å²) in [6.45, 7) is 2.04. The number of nitrogens with two attached hydrogens (primary N) is 1. The molecule has 0 fully saturated rings. The molecule has 0 heterocycles. The third-order valence-corrected chi connectivity index (χ3v) is 3.38. The molecule has 104 valence electrons. The molecule has 0 aliphatic rings. The average molecular weight is 269 g/mol. The molecular formula is C17H19NO2. The number of carbonyl (C=O) groups excluding carboxylic acids is 1. The summed E-state index contributed by atoms with van der Waals surface area (Å²) < 4.78 is 0. The van der Waals surface area contributed by atoms with Crippen LogP contribution in [0.1, 0.15) is 30.4 Å². The van der Waals surface area contributed by atoms with Gasteiger partial charge in [0.05, 0.1) is 0 Å². The van der Waals surface area contributed by atoms with Gasteiger partial charge < -0.3 is 10.8 Å². The first-order valence-corrected chi connectivity index (χ1v) is 6.69. The van der Waals surface area contributed by atoms with Gasteiger partial charge >= 0.3 is 0 Å². The highest BCUT2D eigenvalue weighted by Gasteiger charge is 2.11. The van der Waals surface area contributed by atoms with Crippen molar-refractivity contribution in [2.24, 2.45) is 0 Å². The van der Waals surface area contributed by atoms with Crippen LogP contribution in [0.5, 0.6) is 5.75 Å². The van der Waals surface area contributed by atoms with Crippen molar-refractivity contribution in [2.75, 3.05) is 5.73 Å². The molecule has 3 heteroatoms. The van der Waals surface area contributed by atoms with Crippen molar-refractivity contribution in [3.8, 4) is 5.75 Å². The molecule has 3 N–H and O–H groups in total. The monoisotopic (exact) mass is 269 g/mol. The van der Waals surface area contributed by atoms with Crippen molar-refractivity contribution in [1.29, 1.82) is 0 Å². The molecule has 0 aliphatic carbocycles. The minimum absolute atomic E-state index is 0.181. The van der Waals surface area contributed by atoms with E-state index in [0.717, 1.165) is 16.8 Å². The van der Waals surface area contributed by atoms with Gasteiger partial charge in [0, 0.05) is 18.5 Å². The molecule has 0 aliphatic heterocycles. The maximum atomic E-state index is 12.1. The molecule has 0 amide bonds. The lowest BCUT2D eigenvalue weighted by Gasteiger charge is -2.11. The predicted octanol–water partition coefficient (Wildman–Crippen LogP) is 3.28. The maximum Gasteiger partial charge on any atom is 0.137 e. The van der Waals surface area contributed by atoms with Crippen LogP contribution in [0.4, 0.5) is 5.69 Å². The summed E-state index contributed by atoms with van der Waals surface area (Å²) in [5, 5.41) is 9.21. The van der Waals surface area contributed by atoms with Gasteiger partial charge in [-0.15, -0.1) is 0 Å². The molecule has 1 unspecified atom stereocenters. The van der Waals surface area contributed by atoms with Gasteiger partial charge in [-0.1, -0.05) is 31.2 Å². The van der Waals surface area contributed by atoms with E-state index in [1.54, 1.807) is 24.3 Å². The van der Waals surface area contributed by atoms with Gasteiger partial charge in [-0.3, -0.25) is 4.79 Å². The van der Waals surface area contributed by atoms with Crippen LogP contribution in [-0.4, -0.2) is 10.9 Å². The molecule has 0 saturated carbocycles. The van der Waals surface area contributed by atoms with Crippen molar-refractivity contribution in [2.45, 2.75) is 25.7 Å². The SMILES string of the molecule is CC(CC(=O)Cc1ccc(O)cc1)c1ccc(N)cc1. The Kier molecular flexibility index (Phi) is 4.41. The Labute approximate surface area is 119 Å². The fraction of sp³-hybridized carbons (Fsp3) is 0.235. The number of phenolic OH excluding ortho intramolecular Hbond substituents is 1. The highest BCUT2D eigenvalue weighted by Crippen LogP contribution is 2.21. The molecule has 2 rings (SSSR count). The van der Waals surface area contributed by atoms with Gasteiger partial charge in [-0.25, -0.2) is 0 Å². The number of benzene rings is 2. The van der Waals surface area contributed by atoms with Crippen molar-refractivity contribution in [1.82, 2.24) is 0 Å². The van der Waals surface area contributed by atoms with Crippen molar-refractivity contribution in [3.05, 3.63) is 59.7 Å². The molecule has 3 nitrogen and oxygen atoms in total. The molecule has 0 radical (unpaired) electrons. The molecule has 1 atom stereocenters. The van der Waals surface area contributed by atoms with Gasteiger partial charge in [0.25, 0.3) is 0 Å². The second-order valence-electron chi connectivity index (χ2n) is 5.15. The van der Waals surface area contributed by atoms with Crippen LogP contribution in [0.25, 0.3) is 0 Å². The largest absolute Gasteiger partial charge is 0.508 e. The lowest BCUT2D eigenvalue weighted by molar-refractivity contribution is -0.118. The van der Waals surface area contributed by atoms with Gasteiger partial charge in [0.1, 0.15) is 11.5 Å². The van der Waals surface area contributed by atoms with Crippen molar-refractivity contribution >= 4 is 11.5 Å². The molecule has 2 aromatic carbocycles. The number of ketones is 1. The summed E-state index contributed by atoms with van der Waals surface area (Å²) in [7, 11) is 0. The molecule has 0 saturated heterocycles. The normalized spacial score (nSPS) is 12.1. The predicted molar refractivity (Wildman–Crippen MR) is 80.7 cm³/mol. The van der Waals surface area contributed by atoms with E-state index in [9.17, 15) is 9.90 Å². The minimum Gasteiger partial charge on any atom is -0.508 e. The highest BCUT2D eigenvalue weighted by molar-refractivity contribution is 5.81. The van der Waals surface area contributed by atoms with E-state index in [1.807, 2.05) is 31.2 Å². The topological polar surface area (TPSA) is 63.3 Å². The van der Waals surface area contributed by atoms with E-state index in [2.05, 4.69) is 0 Å². The van der Waals surface area contributed by atoms with E-state index in [1.165, 1.54) is 0 Å². The fourth-order valence-corrected chi connectivity index (χ4v) is 2.20. The number of phenols is 1. The second-order valence-corrected chi connectivity index (χ2v) is 5.15. The Hall–Kier alpha value is -2.29. The van der Waals surface area contributed by atoms with Crippen LogP contribution >= 0.6 is 0 Å². The number of hydrogen-bond acceptors (Lipinski definition) is 3. The Morgan fingerprint density at radius 2 is 1.70 bits per heavy atom. The average Bonchev–Trinajstić information content (AvgIpc) is 2.42. The molecule has 0 aromatic heterocycles. The van der Waals surface area contributed by atoms with Crippen molar-refractivity contribution in [3.63, 3.8) is 0 Å². The molecule has 2 aromatic rings. The van der Waals surface area contributed by atoms with Gasteiger partial charge in [-0.05, 0) is 41.3 Å². The summed E-state index contributed by atoms with van der Waals surface area (Å²) in [5.41, 5.74) is 8.44. The molecular weight excluding hydrogens is 250 g/mol. The summed E-state index contributed by atoms with van der Waals surface area (Å²) in [6, 6.07) is 14.4. The molecule has 20 heavy (non-hydrogen) atoms. The Morgan fingerprint density at radius 1 is 1.10 bits per heavy atom. The molecule has 0 spiro atoms. The number of hydrogen-bond donors (Lipinski definition) is 2. The van der Waals surface area contributed by atoms with Crippen LogP contribution < -0.4 is 5.73 Å². The fourth-order valence-electron chi connectivity index (χ4n) is 2.20. The van der Waals surface area contributed by atoms with Crippen LogP contribution in [-0.2, 0) is 11.2 Å². The first kappa shape index (κ1) is 14.1. The van der Waals surface area contributed by atoms with E-state index in [-0.39, 0.29) is 17.5 Å². The van der Waals surface area contributed by atoms with E-state index >= 15 is 0 Å². The van der Waals surface area contributed by atoms with Crippen molar-refractivity contribution < 1.29 is 9.90 Å². The van der Waals surface area contributed by atoms with Gasteiger partial charge in [-0.2, -0.15) is 0 Å². The van der Waals surface area contributed by atoms with Crippen LogP contribution in [0, 0.1) is 0 Å². The number of nitrogen functional groups attached to an aromatic ring is 1. The summed E-state index contributed by atoms with van der Waals surface area (Å²) in [5.74, 6) is 0.594. The zero-order valence-corrected chi connectivity index (χ0v) is 11.5. The smallest absolute Gasteiger partial charge is 0.137 e. The van der Waals surface area contributed by atoms with E-state index < -0.39 is 0 Å². The van der Waals surface area contributed by atoms with Gasteiger partial charge in [0.2, 0.25) is 0 Å². The first-order chi connectivity index (χ1) is 9.54. The number of carbonyl (C=O) groups is 1. The number of Topliss-reactive ketones (excluding diaryl/α,β-unsaturated/α-hetero) is 1. The number of aromatic hydroxyl groups is 1. The molecule has 0 bridgehead atoms. The lowest BCUT2D eigenvalue weighted by atomic mass is 9.93. The van der Waals surface area contributed by atoms with Gasteiger partial charge in [0.15, 0.2) is 0 Å². The lowest BCUT2D eigenvalue weighted by Crippen LogP contribution is -2.07. The Balaban J connectivity index is 1.93.